The van der Waals surface area contributed by atoms with E-state index in [0.717, 1.165) is 53.5 Å². The molecule has 2 aliphatic carbocycles. The molecule has 6 rings (SSSR count). The fraction of sp³-hybridized carbons (Fsp3) is 0.235. The van der Waals surface area contributed by atoms with E-state index < -0.39 is 10.8 Å². The monoisotopic (exact) mass is 1070 g/mol. The maximum Gasteiger partial charge on any atom is 0.0676 e. The summed E-state index contributed by atoms with van der Waals surface area (Å²) in [6.07, 6.45) is 0. The minimum absolute atomic E-state index is 0.0719. The number of rotatable bonds is 6. The number of ether oxygens (including phenoxy) is 2. The number of fused-ring (bicyclic) bond motifs is 6. The van der Waals surface area contributed by atoms with Crippen molar-refractivity contribution in [3.8, 4) is 22.3 Å². The summed E-state index contributed by atoms with van der Waals surface area (Å²) in [6.45, 7) is 2.80. The molecule has 4 aromatic rings. The average Bonchev–Trinajstić information content (AvgIpc) is 3.46. The van der Waals surface area contributed by atoms with Gasteiger partial charge in [0.2, 0.25) is 0 Å². The van der Waals surface area contributed by atoms with Crippen molar-refractivity contribution < 1.29 is 42.5 Å². The summed E-state index contributed by atoms with van der Waals surface area (Å²) in [4.78, 5) is 23.0. The Kier molecular flexibility index (Phi) is 13.3. The number of aliphatic hydroxyl groups excluding tert-OH is 2. The summed E-state index contributed by atoms with van der Waals surface area (Å²) in [6, 6.07) is 27.9. The Hall–Kier alpha value is -1.11. The Morgan fingerprint density at radius 3 is 1.36 bits per heavy atom. The van der Waals surface area contributed by atoms with Crippen molar-refractivity contribution in [3.05, 3.63) is 116 Å². The number of hydrogen-bond donors (Lipinski definition) is 2. The van der Waals surface area contributed by atoms with Gasteiger partial charge in [0.25, 0.3) is 0 Å². The van der Waals surface area contributed by atoms with Gasteiger partial charge in [-0.15, -0.1) is 0 Å². The molecule has 0 aromatic heterocycles. The van der Waals surface area contributed by atoms with Crippen LogP contribution >= 0.6 is 69.1 Å². The molecule has 238 valence electrons. The van der Waals surface area contributed by atoms with Crippen molar-refractivity contribution in [2.24, 2.45) is 0 Å². The smallest absolute Gasteiger partial charge is 0.0676 e. The van der Waals surface area contributed by atoms with Gasteiger partial charge in [-0.3, -0.25) is 9.59 Å². The molecule has 0 saturated carbocycles. The van der Waals surface area contributed by atoms with Crippen LogP contribution in [0.25, 0.3) is 22.3 Å². The molecule has 45 heavy (non-hydrogen) atoms. The first-order valence-corrected chi connectivity index (χ1v) is 27.9. The molecule has 0 unspecified atom stereocenters. The summed E-state index contributed by atoms with van der Waals surface area (Å²) < 4.78 is 12.6. The summed E-state index contributed by atoms with van der Waals surface area (Å²) in [5.74, 6) is -0.746. The Bertz CT molecular complexity index is 1570. The number of halogens is 5. The molecule has 0 heterocycles. The van der Waals surface area contributed by atoms with Crippen LogP contribution in [0, 0.1) is 0 Å². The molecule has 2 aliphatic rings. The summed E-state index contributed by atoms with van der Waals surface area (Å²) >= 11 is 12.3. The molecular formula is C34H30Br2I3O6-. The van der Waals surface area contributed by atoms with Crippen LogP contribution in [0.1, 0.15) is 36.1 Å². The third-order valence-corrected chi connectivity index (χ3v) is 9.03. The second-order valence-corrected chi connectivity index (χ2v) is 28.6. The molecule has 11 heteroatoms. The Morgan fingerprint density at radius 1 is 0.644 bits per heavy atom. The van der Waals surface area contributed by atoms with E-state index in [0.29, 0.717) is 13.3 Å². The SMILES string of the molecule is CC(=O)OCC1(COC(C)=O)c2cc(Br)ccc2-c2ccc(Br)cc21.I[I-]I.OCC1(CO)c2ccccc2-c2ccccc21. The molecular weight excluding hydrogens is 1040 g/mol. The summed E-state index contributed by atoms with van der Waals surface area (Å²) in [5.41, 5.74) is 6.92. The molecule has 0 spiro atoms. The third kappa shape index (κ3) is 7.64. The molecule has 0 bridgehead atoms. The van der Waals surface area contributed by atoms with E-state index in [1.165, 1.54) is 13.8 Å². The summed E-state index contributed by atoms with van der Waals surface area (Å²) in [5, 5.41) is 19.5. The molecule has 0 atom stereocenters. The van der Waals surface area contributed by atoms with Crippen molar-refractivity contribution >= 4 is 81.0 Å². The van der Waals surface area contributed by atoms with Crippen LogP contribution in [-0.2, 0) is 29.9 Å². The van der Waals surface area contributed by atoms with E-state index >= 15 is 0 Å². The minimum atomic E-state index is -0.741. The van der Waals surface area contributed by atoms with Crippen LogP contribution in [0.4, 0.5) is 0 Å². The Labute approximate surface area is 309 Å². The number of esters is 2. The number of hydrogen-bond acceptors (Lipinski definition) is 6. The van der Waals surface area contributed by atoms with Crippen molar-refractivity contribution in [2.45, 2.75) is 24.7 Å². The van der Waals surface area contributed by atoms with Crippen LogP contribution in [-0.4, -0.2) is 48.6 Å². The van der Waals surface area contributed by atoms with Crippen molar-refractivity contribution in [2.75, 3.05) is 26.4 Å². The van der Waals surface area contributed by atoms with Crippen molar-refractivity contribution in [1.82, 2.24) is 0 Å². The average molecular weight is 1080 g/mol. The molecule has 0 radical (unpaired) electrons. The first kappa shape index (κ1) is 36.7. The van der Waals surface area contributed by atoms with Gasteiger partial charge in [-0.25, -0.2) is 0 Å². The van der Waals surface area contributed by atoms with Gasteiger partial charge in [0, 0.05) is 22.8 Å². The van der Waals surface area contributed by atoms with E-state index in [4.69, 9.17) is 9.47 Å². The minimum Gasteiger partial charge on any atom is -0.395 e. The Balaban J connectivity index is 0.000000199. The molecule has 6 nitrogen and oxygen atoms in total. The normalized spacial score (nSPS) is 14.0. The second kappa shape index (κ2) is 16.3. The zero-order valence-corrected chi connectivity index (χ0v) is 34.0. The zero-order chi connectivity index (χ0) is 32.8. The Morgan fingerprint density at radius 2 is 1.00 bits per heavy atom. The van der Waals surface area contributed by atoms with E-state index in [2.05, 4.69) is 69.1 Å². The van der Waals surface area contributed by atoms with E-state index in [1.807, 2.05) is 84.9 Å². The van der Waals surface area contributed by atoms with E-state index in [1.54, 1.807) is 0 Å². The largest absolute Gasteiger partial charge is 0.395 e. The van der Waals surface area contributed by atoms with Gasteiger partial charge in [-0.05, 0) is 68.8 Å². The maximum absolute atomic E-state index is 11.5. The van der Waals surface area contributed by atoms with E-state index in [-0.39, 0.29) is 38.4 Å². The van der Waals surface area contributed by atoms with Crippen LogP contribution in [0.15, 0.2) is 93.9 Å². The first-order chi connectivity index (χ1) is 21.6. The zero-order valence-electron chi connectivity index (χ0n) is 24.3. The molecule has 0 saturated heterocycles. The van der Waals surface area contributed by atoms with Crippen molar-refractivity contribution in [3.63, 3.8) is 0 Å². The molecule has 4 aromatic carbocycles. The van der Waals surface area contributed by atoms with Crippen LogP contribution in [0.3, 0.4) is 0 Å². The van der Waals surface area contributed by atoms with Crippen molar-refractivity contribution in [1.29, 1.82) is 0 Å². The number of aliphatic hydroxyl groups is 2. The van der Waals surface area contributed by atoms with Gasteiger partial charge in [0.05, 0.1) is 24.0 Å². The maximum atomic E-state index is 11.5. The molecule has 0 amide bonds. The fourth-order valence-electron chi connectivity index (χ4n) is 6.05. The van der Waals surface area contributed by atoms with Gasteiger partial charge in [0.1, 0.15) is 13.2 Å². The third-order valence-electron chi connectivity index (χ3n) is 8.04. The number of carbonyl (C=O) groups excluding carboxylic acids is 2. The van der Waals surface area contributed by atoms with Gasteiger partial charge in [-0.2, -0.15) is 0 Å². The van der Waals surface area contributed by atoms with Crippen LogP contribution < -0.4 is 13.3 Å². The predicted octanol–water partition coefficient (Wildman–Crippen LogP) is 5.32. The van der Waals surface area contributed by atoms with Gasteiger partial charge < -0.3 is 19.7 Å². The van der Waals surface area contributed by atoms with Crippen LogP contribution in [0.2, 0.25) is 0 Å². The van der Waals surface area contributed by atoms with E-state index in [9.17, 15) is 19.8 Å². The van der Waals surface area contributed by atoms with Gasteiger partial charge in [-0.1, -0.05) is 92.5 Å². The summed E-state index contributed by atoms with van der Waals surface area (Å²) in [7, 11) is 0. The standard InChI is InChI=1S/C19H16Br2O4.C15H14O2.I3/c1-11(22)24-9-19(10-25-12(2)23)17-7-13(20)3-5-15(17)16-6-4-14(21)8-18(16)19;16-9-15(10-17)13-7-3-1-5-11(13)12-6-2-4-8-14(12)15;1-3-2/h3-8H,9-10H2,1-2H3;1-8,16-17H,9-10H2;/q;;-1. The number of carbonyl (C=O) groups is 2. The number of benzene rings is 4. The second-order valence-electron chi connectivity index (χ2n) is 10.6. The first-order valence-electron chi connectivity index (χ1n) is 13.7. The predicted molar refractivity (Wildman–Crippen MR) is 196 cm³/mol. The quantitative estimate of drug-likeness (QED) is 0.201. The van der Waals surface area contributed by atoms with Gasteiger partial charge in [0.15, 0.2) is 0 Å². The molecule has 0 aliphatic heterocycles. The molecule has 0 fully saturated rings. The molecule has 2 N–H and O–H groups in total. The van der Waals surface area contributed by atoms with Gasteiger partial charge >= 0.3 is 62.4 Å². The van der Waals surface area contributed by atoms with Crippen LogP contribution in [0.5, 0.6) is 0 Å². The fourth-order valence-corrected chi connectivity index (χ4v) is 6.77. The topological polar surface area (TPSA) is 93.1 Å².